The molecule has 0 aliphatic heterocycles. The van der Waals surface area contributed by atoms with Crippen molar-refractivity contribution in [2.24, 2.45) is 0 Å². The monoisotopic (exact) mass is 298 g/mol. The van der Waals surface area contributed by atoms with Crippen LogP contribution in [0.5, 0.6) is 0 Å². The van der Waals surface area contributed by atoms with Gasteiger partial charge in [-0.1, -0.05) is 32.4 Å². The Morgan fingerprint density at radius 3 is 2.40 bits per heavy atom. The van der Waals surface area contributed by atoms with Gasteiger partial charge in [-0.05, 0) is 6.92 Å². The first-order valence-corrected chi connectivity index (χ1v) is 6.99. The minimum atomic E-state index is -0.173. The summed E-state index contributed by atoms with van der Waals surface area (Å²) in [6.45, 7) is 8.49. The molecule has 0 spiro atoms. The lowest BCUT2D eigenvalue weighted by molar-refractivity contribution is -0.128. The number of anilines is 1. The smallest absolute Gasteiger partial charge is 0.223 e. The molecule has 0 aromatic carbocycles. The Bertz CT molecular complexity index is 495. The quantitative estimate of drug-likeness (QED) is 0.868. The van der Waals surface area contributed by atoms with Crippen molar-refractivity contribution in [3.63, 3.8) is 0 Å². The van der Waals surface area contributed by atoms with Crippen LogP contribution in [0.25, 0.3) is 0 Å². The van der Waals surface area contributed by atoms with Gasteiger partial charge in [-0.2, -0.15) is 0 Å². The van der Waals surface area contributed by atoms with Gasteiger partial charge in [-0.25, -0.2) is 9.97 Å². The van der Waals surface area contributed by atoms with Gasteiger partial charge in [-0.3, -0.25) is 4.79 Å². The van der Waals surface area contributed by atoms with Crippen molar-refractivity contribution in [3.8, 4) is 0 Å². The zero-order valence-corrected chi connectivity index (χ0v) is 13.8. The molecule has 0 unspecified atom stereocenters. The number of nitrogens with zero attached hydrogens (tertiary/aromatic N) is 3. The predicted octanol–water partition coefficient (Wildman–Crippen LogP) is 2.63. The lowest BCUT2D eigenvalue weighted by atomic mass is 9.95. The standard InChI is InChI=1S/C14H23ClN4O/c1-9-11(15)17-13(14(2,3)4)18-12(9)16-8-7-10(20)19(5)6/h7-8H2,1-6H3,(H,16,17,18). The molecule has 0 saturated carbocycles. The maximum Gasteiger partial charge on any atom is 0.223 e. The average Bonchev–Trinajstić information content (AvgIpc) is 2.32. The molecule has 0 fully saturated rings. The van der Waals surface area contributed by atoms with Crippen molar-refractivity contribution < 1.29 is 4.79 Å². The zero-order chi connectivity index (χ0) is 15.5. The summed E-state index contributed by atoms with van der Waals surface area (Å²) < 4.78 is 0. The van der Waals surface area contributed by atoms with Crippen molar-refractivity contribution in [3.05, 3.63) is 16.5 Å². The largest absolute Gasteiger partial charge is 0.369 e. The number of nitrogens with one attached hydrogen (secondary N) is 1. The van der Waals surface area contributed by atoms with Gasteiger partial charge < -0.3 is 10.2 Å². The number of carbonyl (C=O) groups excluding carboxylic acids is 1. The fraction of sp³-hybridized carbons (Fsp3) is 0.643. The number of hydrogen-bond acceptors (Lipinski definition) is 4. The second kappa shape index (κ2) is 6.39. The predicted molar refractivity (Wildman–Crippen MR) is 82.3 cm³/mol. The second-order valence-electron chi connectivity index (χ2n) is 6.03. The lowest BCUT2D eigenvalue weighted by Gasteiger charge is -2.19. The van der Waals surface area contributed by atoms with E-state index in [9.17, 15) is 4.79 Å². The van der Waals surface area contributed by atoms with Gasteiger partial charge >= 0.3 is 0 Å². The van der Waals surface area contributed by atoms with Crippen LogP contribution in [0.1, 0.15) is 38.6 Å². The van der Waals surface area contributed by atoms with Crippen LogP contribution in [0.4, 0.5) is 5.82 Å². The van der Waals surface area contributed by atoms with E-state index in [1.54, 1.807) is 19.0 Å². The highest BCUT2D eigenvalue weighted by molar-refractivity contribution is 6.30. The van der Waals surface area contributed by atoms with Gasteiger partial charge in [0.05, 0.1) is 0 Å². The fourth-order valence-electron chi connectivity index (χ4n) is 1.51. The normalized spacial score (nSPS) is 11.3. The zero-order valence-electron chi connectivity index (χ0n) is 13.0. The SMILES string of the molecule is Cc1c(Cl)nc(C(C)(C)C)nc1NCCC(=O)N(C)C. The van der Waals surface area contributed by atoms with Crippen LogP contribution < -0.4 is 5.32 Å². The van der Waals surface area contributed by atoms with Crippen LogP contribution in [-0.2, 0) is 10.2 Å². The Kier molecular flexibility index (Phi) is 5.34. The molecule has 1 amide bonds. The number of rotatable bonds is 4. The number of hydrogen-bond donors (Lipinski definition) is 1. The molecule has 1 heterocycles. The lowest BCUT2D eigenvalue weighted by Crippen LogP contribution is -2.24. The van der Waals surface area contributed by atoms with Crippen LogP contribution in [0.2, 0.25) is 5.15 Å². The molecule has 1 aromatic heterocycles. The van der Waals surface area contributed by atoms with E-state index in [0.717, 1.165) is 5.56 Å². The molecular weight excluding hydrogens is 276 g/mol. The van der Waals surface area contributed by atoms with E-state index < -0.39 is 0 Å². The fourth-order valence-corrected chi connectivity index (χ4v) is 1.68. The summed E-state index contributed by atoms with van der Waals surface area (Å²) in [5.41, 5.74) is 0.629. The van der Waals surface area contributed by atoms with Crippen molar-refractivity contribution in [2.45, 2.75) is 39.5 Å². The first-order chi connectivity index (χ1) is 9.12. The minimum Gasteiger partial charge on any atom is -0.369 e. The van der Waals surface area contributed by atoms with E-state index in [2.05, 4.69) is 15.3 Å². The molecule has 1 aromatic rings. The molecule has 6 heteroatoms. The summed E-state index contributed by atoms with van der Waals surface area (Å²) in [7, 11) is 3.49. The summed E-state index contributed by atoms with van der Waals surface area (Å²) >= 11 is 6.15. The van der Waals surface area contributed by atoms with Crippen molar-refractivity contribution in [2.75, 3.05) is 26.0 Å². The third-order valence-corrected chi connectivity index (χ3v) is 3.26. The molecule has 0 aliphatic rings. The van der Waals surface area contributed by atoms with E-state index in [1.807, 2.05) is 27.7 Å². The summed E-state index contributed by atoms with van der Waals surface area (Å²) in [5.74, 6) is 1.46. The molecule has 0 aliphatic carbocycles. The van der Waals surface area contributed by atoms with Crippen LogP contribution in [-0.4, -0.2) is 41.4 Å². The molecule has 5 nitrogen and oxygen atoms in total. The van der Waals surface area contributed by atoms with E-state index in [1.165, 1.54) is 0 Å². The second-order valence-corrected chi connectivity index (χ2v) is 6.38. The average molecular weight is 299 g/mol. The number of aromatic nitrogens is 2. The highest BCUT2D eigenvalue weighted by atomic mass is 35.5. The van der Waals surface area contributed by atoms with Crippen LogP contribution >= 0.6 is 11.6 Å². The maximum absolute atomic E-state index is 11.5. The topological polar surface area (TPSA) is 58.1 Å². The Balaban J connectivity index is 2.84. The molecule has 20 heavy (non-hydrogen) atoms. The Morgan fingerprint density at radius 2 is 1.90 bits per heavy atom. The maximum atomic E-state index is 11.5. The summed E-state index contributed by atoms with van der Waals surface area (Å²) in [6, 6.07) is 0. The minimum absolute atomic E-state index is 0.0753. The molecule has 1 N–H and O–H groups in total. The Hall–Kier alpha value is -1.36. The highest BCUT2D eigenvalue weighted by Gasteiger charge is 2.20. The summed E-state index contributed by atoms with van der Waals surface area (Å²) in [5, 5.41) is 3.62. The number of amides is 1. The van der Waals surface area contributed by atoms with Crippen LogP contribution in [0, 0.1) is 6.92 Å². The van der Waals surface area contributed by atoms with Crippen LogP contribution in [0.3, 0.4) is 0 Å². The summed E-state index contributed by atoms with van der Waals surface area (Å²) in [6.07, 6.45) is 0.416. The van der Waals surface area contributed by atoms with Gasteiger partial charge in [0.15, 0.2) is 0 Å². The van der Waals surface area contributed by atoms with Crippen LogP contribution in [0.15, 0.2) is 0 Å². The van der Waals surface area contributed by atoms with E-state index in [4.69, 9.17) is 11.6 Å². The molecule has 0 radical (unpaired) electrons. The van der Waals surface area contributed by atoms with Gasteiger partial charge in [0, 0.05) is 38.0 Å². The molecule has 112 valence electrons. The third kappa shape index (κ3) is 4.34. The Labute approximate surface area is 125 Å². The van der Waals surface area contributed by atoms with E-state index >= 15 is 0 Å². The van der Waals surface area contributed by atoms with Gasteiger partial charge in [0.2, 0.25) is 5.91 Å². The van der Waals surface area contributed by atoms with Gasteiger partial charge in [0.25, 0.3) is 0 Å². The third-order valence-electron chi connectivity index (χ3n) is 2.89. The molecule has 0 saturated heterocycles. The molecule has 0 bridgehead atoms. The van der Waals surface area contributed by atoms with Gasteiger partial charge in [-0.15, -0.1) is 0 Å². The number of carbonyl (C=O) groups is 1. The Morgan fingerprint density at radius 1 is 1.30 bits per heavy atom. The van der Waals surface area contributed by atoms with E-state index in [0.29, 0.717) is 29.8 Å². The van der Waals surface area contributed by atoms with Crippen molar-refractivity contribution in [1.82, 2.24) is 14.9 Å². The van der Waals surface area contributed by atoms with Crippen molar-refractivity contribution >= 4 is 23.3 Å². The first kappa shape index (κ1) is 16.7. The molecule has 1 rings (SSSR count). The van der Waals surface area contributed by atoms with E-state index in [-0.39, 0.29) is 11.3 Å². The van der Waals surface area contributed by atoms with Crippen molar-refractivity contribution in [1.29, 1.82) is 0 Å². The number of halogens is 1. The highest BCUT2D eigenvalue weighted by Crippen LogP contribution is 2.25. The summed E-state index contributed by atoms with van der Waals surface area (Å²) in [4.78, 5) is 21.9. The van der Waals surface area contributed by atoms with Gasteiger partial charge in [0.1, 0.15) is 16.8 Å². The first-order valence-electron chi connectivity index (χ1n) is 6.61. The molecule has 0 atom stereocenters. The molecular formula is C14H23ClN4O.